The number of halogens is 1. The van der Waals surface area contributed by atoms with E-state index in [0.29, 0.717) is 19.7 Å². The van der Waals surface area contributed by atoms with Gasteiger partial charge in [-0.1, -0.05) is 36.4 Å². The van der Waals surface area contributed by atoms with E-state index in [4.69, 9.17) is 14.2 Å². The molecule has 0 saturated heterocycles. The third-order valence-electron chi connectivity index (χ3n) is 3.97. The van der Waals surface area contributed by atoms with Crippen LogP contribution in [0.5, 0.6) is 11.5 Å². The van der Waals surface area contributed by atoms with Crippen molar-refractivity contribution in [3.05, 3.63) is 59.7 Å². The van der Waals surface area contributed by atoms with E-state index in [1.54, 1.807) is 21.3 Å². The molecule has 1 atom stereocenters. The van der Waals surface area contributed by atoms with Gasteiger partial charge in [-0.2, -0.15) is 0 Å². The number of methoxy groups -OCH3 is 2. The summed E-state index contributed by atoms with van der Waals surface area (Å²) in [7, 11) is 5.09. The van der Waals surface area contributed by atoms with E-state index in [9.17, 15) is 0 Å². The number of aliphatic imine (C=N–C) groups is 1. The molecule has 154 valence electrons. The summed E-state index contributed by atoms with van der Waals surface area (Å²) >= 11 is 0. The minimum atomic E-state index is -0.0480. The van der Waals surface area contributed by atoms with Gasteiger partial charge in [0.1, 0.15) is 6.10 Å². The number of hydrogen-bond acceptors (Lipinski definition) is 4. The zero-order valence-corrected chi connectivity index (χ0v) is 19.2. The van der Waals surface area contributed by atoms with Gasteiger partial charge in [-0.3, -0.25) is 4.99 Å². The largest absolute Gasteiger partial charge is 0.493 e. The Morgan fingerprint density at radius 1 is 0.964 bits per heavy atom. The van der Waals surface area contributed by atoms with Gasteiger partial charge in [-0.25, -0.2) is 0 Å². The molecule has 0 saturated carbocycles. The van der Waals surface area contributed by atoms with Gasteiger partial charge in [-0.05, 0) is 30.2 Å². The zero-order chi connectivity index (χ0) is 19.5. The highest BCUT2D eigenvalue weighted by molar-refractivity contribution is 14.0. The predicted molar refractivity (Wildman–Crippen MR) is 124 cm³/mol. The Hall–Kier alpha value is -2.00. The molecule has 0 aromatic heterocycles. The highest BCUT2D eigenvalue weighted by Gasteiger charge is 2.09. The van der Waals surface area contributed by atoms with E-state index in [0.717, 1.165) is 23.0 Å². The molecule has 0 heterocycles. The lowest BCUT2D eigenvalue weighted by molar-refractivity contribution is 0.185. The van der Waals surface area contributed by atoms with Gasteiger partial charge < -0.3 is 24.8 Å². The average molecular weight is 499 g/mol. The summed E-state index contributed by atoms with van der Waals surface area (Å²) in [5, 5.41) is 6.59. The van der Waals surface area contributed by atoms with E-state index >= 15 is 0 Å². The summed E-state index contributed by atoms with van der Waals surface area (Å²) < 4.78 is 16.4. The normalized spacial score (nSPS) is 11.9. The first-order chi connectivity index (χ1) is 13.2. The summed E-state index contributed by atoms with van der Waals surface area (Å²) in [4.78, 5) is 4.26. The number of benzene rings is 2. The smallest absolute Gasteiger partial charge is 0.191 e. The van der Waals surface area contributed by atoms with Crippen molar-refractivity contribution >= 4 is 29.9 Å². The number of nitrogens with zero attached hydrogens (tertiary/aromatic N) is 1. The van der Waals surface area contributed by atoms with Crippen LogP contribution in [0.1, 0.15) is 18.1 Å². The summed E-state index contributed by atoms with van der Waals surface area (Å²) in [5.74, 6) is 2.18. The van der Waals surface area contributed by atoms with Crippen LogP contribution in [-0.2, 0) is 17.9 Å². The third-order valence-corrected chi connectivity index (χ3v) is 3.97. The maximum Gasteiger partial charge on any atom is 0.191 e. The third kappa shape index (κ3) is 7.93. The Labute approximate surface area is 184 Å². The number of hydrogen-bond donors (Lipinski definition) is 2. The predicted octanol–water partition coefficient (Wildman–Crippen LogP) is 3.59. The first-order valence-electron chi connectivity index (χ1n) is 8.97. The maximum absolute atomic E-state index is 5.95. The second kappa shape index (κ2) is 13.2. The number of ether oxygens (including phenoxy) is 3. The Balaban J connectivity index is 0.00000392. The molecule has 2 aromatic carbocycles. The Bertz CT molecular complexity index is 723. The lowest BCUT2D eigenvalue weighted by Crippen LogP contribution is -2.41. The topological polar surface area (TPSA) is 64.1 Å². The lowest BCUT2D eigenvalue weighted by Gasteiger charge is -2.19. The van der Waals surface area contributed by atoms with Crippen LogP contribution in [0.15, 0.2) is 53.5 Å². The monoisotopic (exact) mass is 499 g/mol. The van der Waals surface area contributed by atoms with Crippen molar-refractivity contribution in [2.45, 2.75) is 26.2 Å². The fourth-order valence-corrected chi connectivity index (χ4v) is 2.54. The Kier molecular flexibility index (Phi) is 11.4. The highest BCUT2D eigenvalue weighted by Crippen LogP contribution is 2.26. The summed E-state index contributed by atoms with van der Waals surface area (Å²) in [6.45, 7) is 3.93. The number of rotatable bonds is 9. The van der Waals surface area contributed by atoms with Crippen LogP contribution in [0.4, 0.5) is 0 Å². The molecule has 0 amide bonds. The molecule has 0 aliphatic carbocycles. The summed E-state index contributed by atoms with van der Waals surface area (Å²) in [6.07, 6.45) is -0.0480. The number of para-hydroxylation sites is 2. The molecule has 0 spiro atoms. The van der Waals surface area contributed by atoms with Gasteiger partial charge in [0.2, 0.25) is 0 Å². The molecule has 0 bridgehead atoms. The number of nitrogens with one attached hydrogen (secondary N) is 2. The Morgan fingerprint density at radius 3 is 2.21 bits per heavy atom. The van der Waals surface area contributed by atoms with Gasteiger partial charge >= 0.3 is 0 Å². The van der Waals surface area contributed by atoms with Crippen molar-refractivity contribution in [2.75, 3.05) is 27.8 Å². The molecule has 6 nitrogen and oxygen atoms in total. The van der Waals surface area contributed by atoms with Crippen molar-refractivity contribution in [3.63, 3.8) is 0 Å². The molecular formula is C21H30IN3O3. The summed E-state index contributed by atoms with van der Waals surface area (Å²) in [5.41, 5.74) is 2.34. The van der Waals surface area contributed by atoms with Crippen molar-refractivity contribution in [1.29, 1.82) is 0 Å². The molecule has 0 fully saturated rings. The molecule has 2 aromatic rings. The number of guanidine groups is 1. The van der Waals surface area contributed by atoms with Gasteiger partial charge in [0, 0.05) is 20.7 Å². The molecule has 2 N–H and O–H groups in total. The van der Waals surface area contributed by atoms with E-state index in [-0.39, 0.29) is 30.1 Å². The van der Waals surface area contributed by atoms with Gasteiger partial charge in [0.05, 0.1) is 20.3 Å². The van der Waals surface area contributed by atoms with E-state index in [1.165, 1.54) is 5.56 Å². The zero-order valence-electron chi connectivity index (χ0n) is 16.9. The van der Waals surface area contributed by atoms with Gasteiger partial charge in [0.25, 0.3) is 0 Å². The van der Waals surface area contributed by atoms with Crippen LogP contribution in [-0.4, -0.2) is 39.9 Å². The minimum Gasteiger partial charge on any atom is -0.493 e. The molecule has 0 radical (unpaired) electrons. The summed E-state index contributed by atoms with van der Waals surface area (Å²) in [6, 6.07) is 15.9. The molecule has 0 aliphatic rings. The fraction of sp³-hybridized carbons (Fsp3) is 0.381. The highest BCUT2D eigenvalue weighted by atomic mass is 127. The molecular weight excluding hydrogens is 469 g/mol. The van der Waals surface area contributed by atoms with Crippen molar-refractivity contribution in [1.82, 2.24) is 10.6 Å². The standard InChI is InChI=1S/C21H29N3O3.HI/c1-16(27-20-8-6-5-7-19(20)26-4)13-23-21(22-2)24-14-17-9-11-18(12-10-17)15-25-3;/h5-12,16H,13-15H2,1-4H3,(H2,22,23,24);1H. The Morgan fingerprint density at radius 2 is 1.61 bits per heavy atom. The quantitative estimate of drug-likeness (QED) is 0.314. The molecule has 1 unspecified atom stereocenters. The van der Waals surface area contributed by atoms with Crippen LogP contribution in [0.2, 0.25) is 0 Å². The van der Waals surface area contributed by atoms with Crippen LogP contribution >= 0.6 is 24.0 Å². The first kappa shape index (κ1) is 24.0. The van der Waals surface area contributed by atoms with Gasteiger partial charge in [0.15, 0.2) is 17.5 Å². The van der Waals surface area contributed by atoms with Crippen LogP contribution in [0, 0.1) is 0 Å². The van der Waals surface area contributed by atoms with Crippen molar-refractivity contribution < 1.29 is 14.2 Å². The lowest BCUT2D eigenvalue weighted by atomic mass is 10.1. The maximum atomic E-state index is 5.95. The molecule has 28 heavy (non-hydrogen) atoms. The van der Waals surface area contributed by atoms with Crippen LogP contribution < -0.4 is 20.1 Å². The van der Waals surface area contributed by atoms with E-state index in [2.05, 4.69) is 39.9 Å². The van der Waals surface area contributed by atoms with Crippen molar-refractivity contribution in [2.24, 2.45) is 4.99 Å². The second-order valence-electron chi connectivity index (χ2n) is 6.14. The van der Waals surface area contributed by atoms with Crippen molar-refractivity contribution in [3.8, 4) is 11.5 Å². The first-order valence-corrected chi connectivity index (χ1v) is 8.97. The molecule has 7 heteroatoms. The minimum absolute atomic E-state index is 0. The van der Waals surface area contributed by atoms with Crippen LogP contribution in [0.3, 0.4) is 0 Å². The second-order valence-corrected chi connectivity index (χ2v) is 6.14. The SMILES string of the molecule is CN=C(NCc1ccc(COC)cc1)NCC(C)Oc1ccccc1OC.I. The fourth-order valence-electron chi connectivity index (χ4n) is 2.54. The van der Waals surface area contributed by atoms with E-state index in [1.807, 2.05) is 31.2 Å². The van der Waals surface area contributed by atoms with Gasteiger partial charge in [-0.15, -0.1) is 24.0 Å². The molecule has 2 rings (SSSR count). The molecule has 0 aliphatic heterocycles. The van der Waals surface area contributed by atoms with Crippen LogP contribution in [0.25, 0.3) is 0 Å². The van der Waals surface area contributed by atoms with E-state index < -0.39 is 0 Å². The average Bonchev–Trinajstić information content (AvgIpc) is 2.70.